The molecule has 34 heavy (non-hydrogen) atoms. The van der Waals surface area contributed by atoms with Crippen LogP contribution in [0.5, 0.6) is 0 Å². The van der Waals surface area contributed by atoms with E-state index in [-0.39, 0.29) is 23.7 Å². The molecule has 8 nitrogen and oxygen atoms in total. The second kappa shape index (κ2) is 9.58. The topological polar surface area (TPSA) is 80.8 Å². The van der Waals surface area contributed by atoms with Gasteiger partial charge in [-0.05, 0) is 56.0 Å². The third kappa shape index (κ3) is 4.44. The number of carbonyl (C=O) groups excluding carboxylic acids is 2. The number of piperazine rings is 1. The van der Waals surface area contributed by atoms with E-state index in [0.29, 0.717) is 30.9 Å². The summed E-state index contributed by atoms with van der Waals surface area (Å²) in [4.78, 5) is 35.7. The summed E-state index contributed by atoms with van der Waals surface area (Å²) >= 11 is 0. The van der Waals surface area contributed by atoms with Crippen LogP contribution in [0.15, 0.2) is 30.5 Å². The molecule has 0 spiro atoms. The van der Waals surface area contributed by atoms with Crippen LogP contribution < -0.4 is 20.4 Å². The lowest BCUT2D eigenvalue weighted by Crippen LogP contribution is -2.51. The number of rotatable bonds is 5. The quantitative estimate of drug-likeness (QED) is 0.705. The number of pyridine rings is 1. The van der Waals surface area contributed by atoms with Gasteiger partial charge in [0.05, 0.1) is 11.4 Å². The summed E-state index contributed by atoms with van der Waals surface area (Å²) in [6, 6.07) is 6.63. The highest BCUT2D eigenvalue weighted by Gasteiger charge is 2.35. The van der Waals surface area contributed by atoms with Crippen LogP contribution in [0.1, 0.15) is 42.1 Å². The van der Waals surface area contributed by atoms with E-state index in [2.05, 4.69) is 20.4 Å². The Morgan fingerprint density at radius 1 is 1.18 bits per heavy atom. The van der Waals surface area contributed by atoms with Crippen LogP contribution in [0.3, 0.4) is 0 Å². The SMILES string of the molecule is CCNC(=O)c1ccc(N2CCN(Cc3cnc4c(c3)NC(=O)[C@@H]3CCCCN43)CC2)c(F)c1. The van der Waals surface area contributed by atoms with Crippen molar-refractivity contribution in [2.45, 2.75) is 38.8 Å². The minimum atomic E-state index is -0.372. The zero-order valence-corrected chi connectivity index (χ0v) is 19.5. The first-order chi connectivity index (χ1) is 16.5. The maximum atomic E-state index is 14.7. The standard InChI is InChI=1S/C25H31FN6O2/c1-2-27-24(33)18-6-7-21(19(26)14-18)31-11-9-30(10-12-31)16-17-13-20-23(28-15-17)32-8-4-3-5-22(32)25(34)29-20/h6-7,13-15,22H,2-5,8-12,16H2,1H3,(H,27,33)(H,29,34)/t22-/m0/s1. The van der Waals surface area contributed by atoms with Gasteiger partial charge in [-0.15, -0.1) is 0 Å². The molecule has 1 atom stereocenters. The lowest BCUT2D eigenvalue weighted by atomic mass is 9.99. The summed E-state index contributed by atoms with van der Waals surface area (Å²) in [7, 11) is 0. The predicted octanol–water partition coefficient (Wildman–Crippen LogP) is 2.60. The molecular formula is C25H31FN6O2. The Kier molecular flexibility index (Phi) is 6.36. The molecule has 4 heterocycles. The molecule has 180 valence electrons. The number of carbonyl (C=O) groups is 2. The number of hydrogen-bond donors (Lipinski definition) is 2. The van der Waals surface area contributed by atoms with Crippen molar-refractivity contribution in [1.82, 2.24) is 15.2 Å². The average molecular weight is 467 g/mol. The van der Waals surface area contributed by atoms with E-state index in [9.17, 15) is 14.0 Å². The second-order valence-corrected chi connectivity index (χ2v) is 9.20. The lowest BCUT2D eigenvalue weighted by molar-refractivity contribution is -0.118. The van der Waals surface area contributed by atoms with Crippen molar-refractivity contribution in [2.24, 2.45) is 0 Å². The first-order valence-corrected chi connectivity index (χ1v) is 12.1. The molecule has 1 aromatic heterocycles. The molecular weight excluding hydrogens is 435 g/mol. The van der Waals surface area contributed by atoms with Gasteiger partial charge in [-0.25, -0.2) is 9.37 Å². The Morgan fingerprint density at radius 3 is 2.76 bits per heavy atom. The first-order valence-electron chi connectivity index (χ1n) is 12.1. The summed E-state index contributed by atoms with van der Waals surface area (Å²) in [5, 5.41) is 5.75. The number of piperidine rings is 1. The molecule has 2 amide bonds. The van der Waals surface area contributed by atoms with Gasteiger partial charge in [-0.2, -0.15) is 0 Å². The fraction of sp³-hybridized carbons (Fsp3) is 0.480. The van der Waals surface area contributed by atoms with Crippen molar-refractivity contribution in [3.8, 4) is 0 Å². The Morgan fingerprint density at radius 2 is 2.00 bits per heavy atom. The highest BCUT2D eigenvalue weighted by atomic mass is 19.1. The van der Waals surface area contributed by atoms with Crippen molar-refractivity contribution in [1.29, 1.82) is 0 Å². The van der Waals surface area contributed by atoms with Gasteiger partial charge in [0.2, 0.25) is 5.91 Å². The maximum absolute atomic E-state index is 14.7. The second-order valence-electron chi connectivity index (χ2n) is 9.20. The third-order valence-corrected chi connectivity index (χ3v) is 6.93. The fourth-order valence-electron chi connectivity index (χ4n) is 5.15. The molecule has 3 aliphatic rings. The maximum Gasteiger partial charge on any atom is 0.251 e. The Balaban J connectivity index is 1.21. The summed E-state index contributed by atoms with van der Waals surface area (Å²) < 4.78 is 14.7. The summed E-state index contributed by atoms with van der Waals surface area (Å²) in [6.45, 7) is 6.91. The average Bonchev–Trinajstić information content (AvgIpc) is 2.85. The van der Waals surface area contributed by atoms with Gasteiger partial charge in [-0.3, -0.25) is 14.5 Å². The molecule has 2 saturated heterocycles. The summed E-state index contributed by atoms with van der Waals surface area (Å²) in [6.07, 6.45) is 4.96. The minimum Gasteiger partial charge on any atom is -0.367 e. The molecule has 0 unspecified atom stereocenters. The van der Waals surface area contributed by atoms with Gasteiger partial charge in [0, 0.05) is 57.6 Å². The van der Waals surface area contributed by atoms with Gasteiger partial charge < -0.3 is 20.4 Å². The number of amides is 2. The molecule has 2 N–H and O–H groups in total. The number of halogens is 1. The van der Waals surface area contributed by atoms with Crippen molar-refractivity contribution in [2.75, 3.05) is 54.4 Å². The van der Waals surface area contributed by atoms with Gasteiger partial charge >= 0.3 is 0 Å². The smallest absolute Gasteiger partial charge is 0.251 e. The molecule has 2 aromatic rings. The van der Waals surface area contributed by atoms with Crippen LogP contribution in [-0.2, 0) is 11.3 Å². The molecule has 0 bridgehead atoms. The summed E-state index contributed by atoms with van der Waals surface area (Å²) in [5.74, 6) is 0.315. The zero-order chi connectivity index (χ0) is 23.7. The number of fused-ring (bicyclic) bond motifs is 3. The minimum absolute atomic E-state index is 0.0694. The number of benzene rings is 1. The summed E-state index contributed by atoms with van der Waals surface area (Å²) in [5.41, 5.74) is 2.72. The molecule has 0 saturated carbocycles. The Bertz CT molecular complexity index is 1090. The normalized spacial score (nSPS) is 20.4. The number of nitrogens with one attached hydrogen (secondary N) is 2. The first kappa shape index (κ1) is 22.6. The number of nitrogens with zero attached hydrogens (tertiary/aromatic N) is 4. The molecule has 0 radical (unpaired) electrons. The van der Waals surface area contributed by atoms with E-state index >= 15 is 0 Å². The molecule has 0 aliphatic carbocycles. The van der Waals surface area contributed by atoms with Gasteiger partial charge in [0.15, 0.2) is 5.82 Å². The van der Waals surface area contributed by atoms with E-state index in [0.717, 1.165) is 62.5 Å². The largest absolute Gasteiger partial charge is 0.367 e. The molecule has 2 fully saturated rings. The van der Waals surface area contributed by atoms with Crippen LogP contribution >= 0.6 is 0 Å². The van der Waals surface area contributed by atoms with E-state index in [1.165, 1.54) is 6.07 Å². The van der Waals surface area contributed by atoms with Crippen molar-refractivity contribution in [3.05, 3.63) is 47.4 Å². The van der Waals surface area contributed by atoms with E-state index in [1.807, 2.05) is 24.1 Å². The monoisotopic (exact) mass is 466 g/mol. The number of hydrogen-bond acceptors (Lipinski definition) is 6. The molecule has 3 aliphatic heterocycles. The zero-order valence-electron chi connectivity index (χ0n) is 19.5. The molecule has 1 aromatic carbocycles. The highest BCUT2D eigenvalue weighted by molar-refractivity contribution is 6.03. The van der Waals surface area contributed by atoms with Gasteiger partial charge in [0.25, 0.3) is 5.91 Å². The van der Waals surface area contributed by atoms with Crippen molar-refractivity contribution < 1.29 is 14.0 Å². The van der Waals surface area contributed by atoms with E-state index in [4.69, 9.17) is 4.98 Å². The van der Waals surface area contributed by atoms with E-state index in [1.54, 1.807) is 12.1 Å². The highest BCUT2D eigenvalue weighted by Crippen LogP contribution is 2.34. The number of anilines is 3. The van der Waals surface area contributed by atoms with Crippen LogP contribution in [0, 0.1) is 5.82 Å². The van der Waals surface area contributed by atoms with Crippen LogP contribution in [0.25, 0.3) is 0 Å². The Labute approximate surface area is 199 Å². The van der Waals surface area contributed by atoms with Gasteiger partial charge in [0.1, 0.15) is 11.9 Å². The third-order valence-electron chi connectivity index (χ3n) is 6.93. The van der Waals surface area contributed by atoms with Crippen LogP contribution in [-0.4, -0.2) is 67.0 Å². The number of aromatic nitrogens is 1. The van der Waals surface area contributed by atoms with Gasteiger partial charge in [-0.1, -0.05) is 0 Å². The lowest BCUT2D eigenvalue weighted by Gasteiger charge is -2.40. The molecule has 9 heteroatoms. The van der Waals surface area contributed by atoms with Crippen molar-refractivity contribution >= 4 is 29.0 Å². The molecule has 5 rings (SSSR count). The fourth-order valence-corrected chi connectivity index (χ4v) is 5.15. The van der Waals surface area contributed by atoms with Crippen LogP contribution in [0.4, 0.5) is 21.6 Å². The van der Waals surface area contributed by atoms with E-state index < -0.39 is 0 Å². The predicted molar refractivity (Wildman–Crippen MR) is 130 cm³/mol. The van der Waals surface area contributed by atoms with Crippen LogP contribution in [0.2, 0.25) is 0 Å². The van der Waals surface area contributed by atoms with Crippen molar-refractivity contribution in [3.63, 3.8) is 0 Å². The Hall–Kier alpha value is -3.20.